The summed E-state index contributed by atoms with van der Waals surface area (Å²) in [6.07, 6.45) is 18.4. The Hall–Kier alpha value is -1.48. The Morgan fingerprint density at radius 2 is 1.52 bits per heavy atom. The van der Waals surface area contributed by atoms with Gasteiger partial charge in [0.1, 0.15) is 17.1 Å². The second-order valence-corrected chi connectivity index (χ2v) is 10.1. The van der Waals surface area contributed by atoms with E-state index in [4.69, 9.17) is 4.74 Å². The molecule has 0 fully saturated rings. The largest absolute Gasteiger partial charge is 0.507 e. The van der Waals surface area contributed by atoms with E-state index in [0.717, 1.165) is 37.2 Å². The van der Waals surface area contributed by atoms with Gasteiger partial charge in [0, 0.05) is 6.54 Å². The number of nitrogens with one attached hydrogen (secondary N) is 1. The molecule has 3 heteroatoms. The van der Waals surface area contributed by atoms with Gasteiger partial charge in [-0.05, 0) is 68.5 Å². The highest BCUT2D eigenvalue weighted by Gasteiger charge is 2.37. The molecule has 3 nitrogen and oxygen atoms in total. The van der Waals surface area contributed by atoms with Crippen molar-refractivity contribution < 1.29 is 9.84 Å². The van der Waals surface area contributed by atoms with Crippen LogP contribution in [0, 0.1) is 0 Å². The van der Waals surface area contributed by atoms with E-state index >= 15 is 0 Å². The zero-order chi connectivity index (χ0) is 22.1. The molecule has 1 aromatic carbocycles. The van der Waals surface area contributed by atoms with E-state index in [0.29, 0.717) is 5.75 Å². The second kappa shape index (κ2) is 11.9. The Morgan fingerprint density at radius 1 is 0.903 bits per heavy atom. The third-order valence-corrected chi connectivity index (χ3v) is 7.07. The van der Waals surface area contributed by atoms with Crippen LogP contribution in [0.1, 0.15) is 115 Å². The van der Waals surface area contributed by atoms with Crippen LogP contribution in [0.25, 0.3) is 5.57 Å². The lowest BCUT2D eigenvalue weighted by Gasteiger charge is -2.40. The van der Waals surface area contributed by atoms with E-state index in [1.807, 2.05) is 6.07 Å². The molecule has 0 atom stereocenters. The molecule has 2 aliphatic heterocycles. The highest BCUT2D eigenvalue weighted by Crippen LogP contribution is 2.47. The van der Waals surface area contributed by atoms with Crippen LogP contribution in [0.5, 0.6) is 11.5 Å². The van der Waals surface area contributed by atoms with Crippen LogP contribution in [-0.2, 0) is 6.42 Å². The molecule has 2 aliphatic rings. The standard InChI is InChI=1S/C28H45NO2/c1-4-5-6-7-8-9-10-11-12-13-14-15-16-22-19-25(30)27-23-21-29-18-17-24(23)28(2,3)31-26(27)20-22/h19-20,29-30H,4-18,21H2,1-3H3. The zero-order valence-electron chi connectivity index (χ0n) is 20.3. The minimum atomic E-state index is -0.286. The Kier molecular flexibility index (Phi) is 9.31. The molecule has 3 rings (SSSR count). The van der Waals surface area contributed by atoms with Crippen LogP contribution in [0.15, 0.2) is 17.7 Å². The number of phenols is 1. The first-order chi connectivity index (χ1) is 15.0. The van der Waals surface area contributed by atoms with Gasteiger partial charge in [-0.2, -0.15) is 0 Å². The van der Waals surface area contributed by atoms with Gasteiger partial charge < -0.3 is 15.2 Å². The number of aryl methyl sites for hydroxylation is 1. The first kappa shape index (κ1) is 24.2. The van der Waals surface area contributed by atoms with E-state index in [9.17, 15) is 5.11 Å². The van der Waals surface area contributed by atoms with Gasteiger partial charge in [0.25, 0.3) is 0 Å². The molecule has 0 bridgehead atoms. The molecule has 0 radical (unpaired) electrons. The van der Waals surface area contributed by atoms with Crippen LogP contribution in [0.2, 0.25) is 0 Å². The molecule has 1 aromatic rings. The van der Waals surface area contributed by atoms with Crippen molar-refractivity contribution in [2.24, 2.45) is 0 Å². The van der Waals surface area contributed by atoms with Crippen molar-refractivity contribution in [1.29, 1.82) is 0 Å². The van der Waals surface area contributed by atoms with Gasteiger partial charge in [-0.15, -0.1) is 0 Å². The lowest BCUT2D eigenvalue weighted by atomic mass is 9.81. The van der Waals surface area contributed by atoms with Crippen LogP contribution in [0.4, 0.5) is 0 Å². The normalized spacial score (nSPS) is 17.3. The van der Waals surface area contributed by atoms with Crippen molar-refractivity contribution >= 4 is 5.57 Å². The van der Waals surface area contributed by atoms with Crippen molar-refractivity contribution in [3.8, 4) is 11.5 Å². The Balaban J connectivity index is 1.40. The summed E-state index contributed by atoms with van der Waals surface area (Å²) >= 11 is 0. The molecule has 0 saturated heterocycles. The summed E-state index contributed by atoms with van der Waals surface area (Å²) < 4.78 is 6.38. The highest BCUT2D eigenvalue weighted by atomic mass is 16.5. The number of ether oxygens (including phenoxy) is 1. The number of phenolic OH excluding ortho intramolecular Hbond substituents is 1. The summed E-state index contributed by atoms with van der Waals surface area (Å²) in [5, 5.41) is 14.3. The number of benzene rings is 1. The van der Waals surface area contributed by atoms with E-state index in [-0.39, 0.29) is 5.60 Å². The van der Waals surface area contributed by atoms with E-state index in [1.54, 1.807) is 0 Å². The third-order valence-electron chi connectivity index (χ3n) is 7.07. The highest BCUT2D eigenvalue weighted by molar-refractivity contribution is 5.82. The summed E-state index contributed by atoms with van der Waals surface area (Å²) in [7, 11) is 0. The van der Waals surface area contributed by atoms with Gasteiger partial charge in [-0.1, -0.05) is 77.6 Å². The van der Waals surface area contributed by atoms with Gasteiger partial charge >= 0.3 is 0 Å². The molecular weight excluding hydrogens is 382 g/mol. The number of hydrogen-bond acceptors (Lipinski definition) is 3. The number of unbranched alkanes of at least 4 members (excludes halogenated alkanes) is 11. The molecule has 0 saturated carbocycles. The maximum absolute atomic E-state index is 10.8. The Bertz CT molecular complexity index is 735. The van der Waals surface area contributed by atoms with Crippen molar-refractivity contribution in [1.82, 2.24) is 5.32 Å². The smallest absolute Gasteiger partial charge is 0.132 e. The van der Waals surface area contributed by atoms with E-state index in [2.05, 4.69) is 32.2 Å². The third kappa shape index (κ3) is 6.75. The van der Waals surface area contributed by atoms with Crippen LogP contribution < -0.4 is 10.1 Å². The van der Waals surface area contributed by atoms with Crippen molar-refractivity contribution in [3.05, 3.63) is 28.8 Å². The summed E-state index contributed by atoms with van der Waals surface area (Å²) in [5.74, 6) is 1.25. The molecular formula is C28H45NO2. The predicted octanol–water partition coefficient (Wildman–Crippen LogP) is 7.55. The maximum Gasteiger partial charge on any atom is 0.132 e. The van der Waals surface area contributed by atoms with Crippen LogP contribution in [0.3, 0.4) is 0 Å². The Labute approximate surface area is 190 Å². The summed E-state index contributed by atoms with van der Waals surface area (Å²) in [4.78, 5) is 0. The Morgan fingerprint density at radius 3 is 2.16 bits per heavy atom. The molecule has 31 heavy (non-hydrogen) atoms. The molecule has 0 amide bonds. The predicted molar refractivity (Wildman–Crippen MR) is 132 cm³/mol. The first-order valence-corrected chi connectivity index (χ1v) is 13.0. The van der Waals surface area contributed by atoms with Gasteiger partial charge in [0.2, 0.25) is 0 Å². The van der Waals surface area contributed by atoms with Gasteiger partial charge in [-0.25, -0.2) is 0 Å². The van der Waals surface area contributed by atoms with Crippen LogP contribution in [-0.4, -0.2) is 23.8 Å². The van der Waals surface area contributed by atoms with E-state index < -0.39 is 0 Å². The number of aromatic hydroxyl groups is 1. The molecule has 0 aliphatic carbocycles. The van der Waals surface area contributed by atoms with Gasteiger partial charge in [-0.3, -0.25) is 0 Å². The van der Waals surface area contributed by atoms with Crippen LogP contribution >= 0.6 is 0 Å². The quantitative estimate of drug-likeness (QED) is 0.319. The lowest BCUT2D eigenvalue weighted by Crippen LogP contribution is -2.40. The van der Waals surface area contributed by atoms with Crippen molar-refractivity contribution in [3.63, 3.8) is 0 Å². The molecule has 174 valence electrons. The molecule has 2 N–H and O–H groups in total. The number of hydrogen-bond donors (Lipinski definition) is 2. The number of fused-ring (bicyclic) bond motifs is 2. The first-order valence-electron chi connectivity index (χ1n) is 13.0. The van der Waals surface area contributed by atoms with Crippen molar-refractivity contribution in [2.75, 3.05) is 13.1 Å². The molecule has 0 spiro atoms. The zero-order valence-corrected chi connectivity index (χ0v) is 20.3. The number of rotatable bonds is 13. The maximum atomic E-state index is 10.8. The summed E-state index contributed by atoms with van der Waals surface area (Å²) in [6, 6.07) is 4.14. The monoisotopic (exact) mass is 427 g/mol. The summed E-state index contributed by atoms with van der Waals surface area (Å²) in [6.45, 7) is 8.40. The minimum absolute atomic E-state index is 0.286. The topological polar surface area (TPSA) is 41.5 Å². The summed E-state index contributed by atoms with van der Waals surface area (Å²) in [5.41, 5.74) is 4.41. The molecule has 2 heterocycles. The average molecular weight is 428 g/mol. The minimum Gasteiger partial charge on any atom is -0.507 e. The molecule has 0 unspecified atom stereocenters. The fourth-order valence-corrected chi connectivity index (χ4v) is 5.28. The SMILES string of the molecule is CCCCCCCCCCCCCCc1cc(O)c2c(c1)OC(C)(C)C1=C2CNCC1. The average Bonchev–Trinajstić information content (AvgIpc) is 2.74. The van der Waals surface area contributed by atoms with E-state index in [1.165, 1.54) is 93.8 Å². The fourth-order valence-electron chi connectivity index (χ4n) is 5.28. The fraction of sp³-hybridized carbons (Fsp3) is 0.714. The van der Waals surface area contributed by atoms with Gasteiger partial charge in [0.05, 0.1) is 5.56 Å². The van der Waals surface area contributed by atoms with Gasteiger partial charge in [0.15, 0.2) is 0 Å². The molecule has 0 aromatic heterocycles. The second-order valence-electron chi connectivity index (χ2n) is 10.1. The lowest BCUT2D eigenvalue weighted by molar-refractivity contribution is 0.137. The van der Waals surface area contributed by atoms with Crippen molar-refractivity contribution in [2.45, 2.75) is 116 Å².